The van der Waals surface area contributed by atoms with Gasteiger partial charge in [0.15, 0.2) is 5.04 Å². The Kier molecular flexibility index (Phi) is 4.27. The van der Waals surface area contributed by atoms with Crippen LogP contribution in [0.5, 0.6) is 0 Å². The molecule has 0 aromatic heterocycles. The fourth-order valence-corrected chi connectivity index (χ4v) is 3.93. The summed E-state index contributed by atoms with van der Waals surface area (Å²) >= 11 is 1.42. The predicted molar refractivity (Wildman–Crippen MR) is 84.1 cm³/mol. The lowest BCUT2D eigenvalue weighted by atomic mass is 9.95. The first-order valence-corrected chi connectivity index (χ1v) is 8.22. The first kappa shape index (κ1) is 16.2. The Morgan fingerprint density at radius 1 is 1.17 bits per heavy atom. The highest BCUT2D eigenvalue weighted by molar-refractivity contribution is 8.17. The average Bonchev–Trinajstić information content (AvgIpc) is 2.91. The van der Waals surface area contributed by atoms with E-state index in [2.05, 4.69) is 15.8 Å². The number of anilines is 1. The SMILES string of the molecule is O=C(Nc1ccc(C(F)(F)F)cc1)C1=NNC2(CCCCC2)S1. The number of benzene rings is 1. The Morgan fingerprint density at radius 3 is 2.43 bits per heavy atom. The molecule has 0 radical (unpaired) electrons. The number of carbonyl (C=O) groups excluding carboxylic acids is 1. The van der Waals surface area contributed by atoms with Gasteiger partial charge in [-0.05, 0) is 37.1 Å². The van der Waals surface area contributed by atoms with E-state index >= 15 is 0 Å². The first-order valence-electron chi connectivity index (χ1n) is 7.41. The van der Waals surface area contributed by atoms with Crippen LogP contribution >= 0.6 is 11.8 Å². The van der Waals surface area contributed by atoms with Gasteiger partial charge in [0, 0.05) is 5.69 Å². The van der Waals surface area contributed by atoms with Gasteiger partial charge in [0.25, 0.3) is 5.91 Å². The molecule has 1 amide bonds. The molecule has 1 aliphatic heterocycles. The van der Waals surface area contributed by atoms with E-state index in [4.69, 9.17) is 0 Å². The lowest BCUT2D eigenvalue weighted by Crippen LogP contribution is -2.37. The van der Waals surface area contributed by atoms with Crippen molar-refractivity contribution < 1.29 is 18.0 Å². The molecule has 1 aromatic carbocycles. The largest absolute Gasteiger partial charge is 0.416 e. The predicted octanol–water partition coefficient (Wildman–Crippen LogP) is 3.95. The van der Waals surface area contributed by atoms with Gasteiger partial charge >= 0.3 is 6.18 Å². The van der Waals surface area contributed by atoms with E-state index < -0.39 is 17.6 Å². The number of hydrogen-bond donors (Lipinski definition) is 2. The third-order valence-corrected chi connectivity index (χ3v) is 5.34. The minimum Gasteiger partial charge on any atom is -0.320 e. The van der Waals surface area contributed by atoms with Crippen LogP contribution in [-0.2, 0) is 11.0 Å². The molecule has 2 aliphatic rings. The smallest absolute Gasteiger partial charge is 0.320 e. The van der Waals surface area contributed by atoms with Crippen molar-refractivity contribution >= 4 is 28.4 Å². The van der Waals surface area contributed by atoms with Crippen molar-refractivity contribution in [1.82, 2.24) is 5.43 Å². The van der Waals surface area contributed by atoms with Gasteiger partial charge < -0.3 is 5.32 Å². The molecule has 2 N–H and O–H groups in total. The summed E-state index contributed by atoms with van der Waals surface area (Å²) in [6.07, 6.45) is 0.922. The van der Waals surface area contributed by atoms with Gasteiger partial charge in [-0.1, -0.05) is 31.0 Å². The number of halogens is 3. The maximum Gasteiger partial charge on any atom is 0.416 e. The summed E-state index contributed by atoms with van der Waals surface area (Å²) in [5.74, 6) is -0.398. The molecule has 0 bridgehead atoms. The minimum absolute atomic E-state index is 0.189. The molecule has 4 nitrogen and oxygen atoms in total. The van der Waals surface area contributed by atoms with E-state index in [0.29, 0.717) is 10.7 Å². The molecule has 0 saturated heterocycles. The first-order chi connectivity index (χ1) is 10.9. The molecule has 1 heterocycles. The van der Waals surface area contributed by atoms with Crippen molar-refractivity contribution in [3.05, 3.63) is 29.8 Å². The van der Waals surface area contributed by atoms with E-state index in [1.54, 1.807) is 0 Å². The summed E-state index contributed by atoms with van der Waals surface area (Å²) in [5, 5.41) is 7.02. The number of carbonyl (C=O) groups is 1. The van der Waals surface area contributed by atoms with Crippen LogP contribution in [-0.4, -0.2) is 15.8 Å². The number of nitrogens with one attached hydrogen (secondary N) is 2. The molecule has 1 aliphatic carbocycles. The summed E-state index contributed by atoms with van der Waals surface area (Å²) in [4.78, 5) is 12.0. The molecule has 23 heavy (non-hydrogen) atoms. The van der Waals surface area contributed by atoms with Gasteiger partial charge in [0.2, 0.25) is 0 Å². The summed E-state index contributed by atoms with van der Waals surface area (Å²) in [6, 6.07) is 4.37. The number of alkyl halides is 3. The van der Waals surface area contributed by atoms with Crippen molar-refractivity contribution in [2.24, 2.45) is 5.10 Å². The number of amides is 1. The van der Waals surface area contributed by atoms with Crippen molar-refractivity contribution in [3.8, 4) is 0 Å². The van der Waals surface area contributed by atoms with Crippen molar-refractivity contribution in [1.29, 1.82) is 0 Å². The zero-order valence-corrected chi connectivity index (χ0v) is 13.1. The van der Waals surface area contributed by atoms with Crippen LogP contribution in [0, 0.1) is 0 Å². The van der Waals surface area contributed by atoms with Gasteiger partial charge in [0.05, 0.1) is 5.56 Å². The van der Waals surface area contributed by atoms with Gasteiger partial charge in [0.1, 0.15) is 4.87 Å². The zero-order chi connectivity index (χ0) is 16.5. The number of hydrogen-bond acceptors (Lipinski definition) is 4. The second kappa shape index (κ2) is 6.07. The lowest BCUT2D eigenvalue weighted by Gasteiger charge is -2.31. The van der Waals surface area contributed by atoms with Gasteiger partial charge in [-0.3, -0.25) is 10.2 Å². The molecule has 0 atom stereocenters. The summed E-state index contributed by atoms with van der Waals surface area (Å²) < 4.78 is 37.5. The van der Waals surface area contributed by atoms with E-state index in [1.165, 1.54) is 30.3 Å². The normalized spacial score (nSPS) is 20.0. The Balaban J connectivity index is 1.61. The molecular formula is C15H16F3N3OS. The fourth-order valence-electron chi connectivity index (χ4n) is 2.74. The molecule has 1 aromatic rings. The van der Waals surface area contributed by atoms with E-state index in [1.807, 2.05) is 0 Å². The number of hydrazone groups is 1. The molecule has 8 heteroatoms. The van der Waals surface area contributed by atoms with Gasteiger partial charge in [-0.25, -0.2) is 0 Å². The highest BCUT2D eigenvalue weighted by Gasteiger charge is 2.40. The van der Waals surface area contributed by atoms with Crippen LogP contribution in [0.15, 0.2) is 29.4 Å². The molecule has 3 rings (SSSR count). The van der Waals surface area contributed by atoms with E-state index in [-0.39, 0.29) is 4.87 Å². The van der Waals surface area contributed by atoms with Crippen LogP contribution < -0.4 is 10.7 Å². The molecule has 1 saturated carbocycles. The monoisotopic (exact) mass is 343 g/mol. The minimum atomic E-state index is -4.38. The van der Waals surface area contributed by atoms with Crippen molar-refractivity contribution in [3.63, 3.8) is 0 Å². The maximum atomic E-state index is 12.5. The second-order valence-electron chi connectivity index (χ2n) is 5.72. The highest BCUT2D eigenvalue weighted by Crippen LogP contribution is 2.41. The van der Waals surface area contributed by atoms with Crippen LogP contribution in [0.1, 0.15) is 37.7 Å². The Hall–Kier alpha value is -1.70. The van der Waals surface area contributed by atoms with Crippen molar-refractivity contribution in [2.45, 2.75) is 43.2 Å². The number of thioether (sulfide) groups is 1. The van der Waals surface area contributed by atoms with Crippen LogP contribution in [0.3, 0.4) is 0 Å². The molecule has 1 spiro atoms. The molecular weight excluding hydrogens is 327 g/mol. The van der Waals surface area contributed by atoms with E-state index in [9.17, 15) is 18.0 Å². The summed E-state index contributed by atoms with van der Waals surface area (Å²) in [5.41, 5.74) is 2.63. The number of rotatable bonds is 2. The molecule has 0 unspecified atom stereocenters. The Bertz CT molecular complexity index is 622. The Labute approximate surface area is 135 Å². The van der Waals surface area contributed by atoms with Crippen LogP contribution in [0.25, 0.3) is 0 Å². The standard InChI is InChI=1S/C15H16F3N3OS/c16-15(17,18)10-4-6-11(7-5-10)19-12(22)13-20-21-14(23-13)8-2-1-3-9-14/h4-7,21H,1-3,8-9H2,(H,19,22). The van der Waals surface area contributed by atoms with Gasteiger partial charge in [-0.15, -0.1) is 0 Å². The second-order valence-corrected chi connectivity index (χ2v) is 7.09. The third kappa shape index (κ3) is 3.63. The van der Waals surface area contributed by atoms with E-state index in [0.717, 1.165) is 37.8 Å². The van der Waals surface area contributed by atoms with Crippen LogP contribution in [0.4, 0.5) is 18.9 Å². The van der Waals surface area contributed by atoms with Crippen LogP contribution in [0.2, 0.25) is 0 Å². The Morgan fingerprint density at radius 2 is 1.83 bits per heavy atom. The average molecular weight is 343 g/mol. The quantitative estimate of drug-likeness (QED) is 0.855. The zero-order valence-electron chi connectivity index (χ0n) is 12.2. The summed E-state index contributed by atoms with van der Waals surface area (Å²) in [6.45, 7) is 0. The topological polar surface area (TPSA) is 53.5 Å². The number of nitrogens with zero attached hydrogens (tertiary/aromatic N) is 1. The highest BCUT2D eigenvalue weighted by atomic mass is 32.2. The summed E-state index contributed by atoms with van der Waals surface area (Å²) in [7, 11) is 0. The molecule has 1 fully saturated rings. The van der Waals surface area contributed by atoms with Gasteiger partial charge in [-0.2, -0.15) is 18.3 Å². The molecule has 124 valence electrons. The van der Waals surface area contributed by atoms with Crippen molar-refractivity contribution in [2.75, 3.05) is 5.32 Å². The maximum absolute atomic E-state index is 12.5. The fraction of sp³-hybridized carbons (Fsp3) is 0.467. The lowest BCUT2D eigenvalue weighted by molar-refractivity contribution is -0.137. The third-order valence-electron chi connectivity index (χ3n) is 3.98.